The Labute approximate surface area is 107 Å². The van der Waals surface area contributed by atoms with E-state index in [9.17, 15) is 13.5 Å². The predicted molar refractivity (Wildman–Crippen MR) is 66.7 cm³/mol. The molecule has 2 aromatic carbocycles. The Kier molecular flexibility index (Phi) is 2.12. The van der Waals surface area contributed by atoms with E-state index >= 15 is 0 Å². The van der Waals surface area contributed by atoms with Gasteiger partial charge in [-0.1, -0.05) is 15.9 Å². The molecular formula is C12H7BrO3S. The molecule has 1 N–H and O–H groups in total. The lowest BCUT2D eigenvalue weighted by Crippen LogP contribution is -1.95. The molecule has 0 fully saturated rings. The molecule has 1 aliphatic heterocycles. The van der Waals surface area contributed by atoms with E-state index in [2.05, 4.69) is 15.9 Å². The van der Waals surface area contributed by atoms with Crippen LogP contribution in [0.1, 0.15) is 0 Å². The molecule has 1 heterocycles. The van der Waals surface area contributed by atoms with Gasteiger partial charge in [-0.15, -0.1) is 0 Å². The summed E-state index contributed by atoms with van der Waals surface area (Å²) in [4.78, 5) is 0.546. The Morgan fingerprint density at radius 2 is 1.53 bits per heavy atom. The van der Waals surface area contributed by atoms with Crippen molar-refractivity contribution in [3.8, 4) is 16.9 Å². The van der Waals surface area contributed by atoms with E-state index in [0.717, 1.165) is 4.47 Å². The van der Waals surface area contributed by atoms with E-state index < -0.39 is 9.84 Å². The van der Waals surface area contributed by atoms with E-state index in [1.807, 2.05) is 0 Å². The zero-order valence-corrected chi connectivity index (χ0v) is 10.9. The van der Waals surface area contributed by atoms with Crippen molar-refractivity contribution in [1.82, 2.24) is 0 Å². The molecule has 86 valence electrons. The lowest BCUT2D eigenvalue weighted by atomic mass is 10.1. The summed E-state index contributed by atoms with van der Waals surface area (Å²) in [5.41, 5.74) is 1.19. The van der Waals surface area contributed by atoms with Gasteiger partial charge in [0, 0.05) is 15.6 Å². The molecule has 0 unspecified atom stereocenters. The fourth-order valence-electron chi connectivity index (χ4n) is 2.03. The van der Waals surface area contributed by atoms with Crippen LogP contribution in [-0.4, -0.2) is 13.5 Å². The normalized spacial score (nSPS) is 15.4. The van der Waals surface area contributed by atoms with Crippen molar-refractivity contribution in [1.29, 1.82) is 0 Å². The fraction of sp³-hybridized carbons (Fsp3) is 0. The largest absolute Gasteiger partial charge is 0.508 e. The first-order valence-corrected chi connectivity index (χ1v) is 7.16. The number of halogens is 1. The minimum atomic E-state index is -3.43. The lowest BCUT2D eigenvalue weighted by molar-refractivity contribution is 0.475. The Bertz CT molecular complexity index is 678. The van der Waals surface area contributed by atoms with Gasteiger partial charge in [0.25, 0.3) is 0 Å². The number of phenols is 1. The highest BCUT2D eigenvalue weighted by atomic mass is 79.9. The number of benzene rings is 2. The first kappa shape index (κ1) is 10.8. The van der Waals surface area contributed by atoms with Crippen molar-refractivity contribution in [3.63, 3.8) is 0 Å². The SMILES string of the molecule is O=S1(=O)c2ccc(O)cc2-c2cc(Br)ccc21. The van der Waals surface area contributed by atoms with E-state index in [1.165, 1.54) is 18.2 Å². The molecule has 1 aliphatic rings. The standard InChI is InChI=1S/C12H7BrO3S/c13-7-1-3-11-9(5-7)10-6-8(14)2-4-12(10)17(11,15)16/h1-6,14H. The third-order valence-corrected chi connectivity index (χ3v) is 5.14. The van der Waals surface area contributed by atoms with Gasteiger partial charge in [0.15, 0.2) is 0 Å². The molecule has 3 rings (SSSR count). The number of hydrogen-bond donors (Lipinski definition) is 1. The quantitative estimate of drug-likeness (QED) is 0.694. The highest BCUT2D eigenvalue weighted by Gasteiger charge is 2.32. The van der Waals surface area contributed by atoms with Crippen LogP contribution in [0, 0.1) is 0 Å². The summed E-state index contributed by atoms with van der Waals surface area (Å²) in [5, 5.41) is 9.45. The topological polar surface area (TPSA) is 54.4 Å². The van der Waals surface area contributed by atoms with Crippen molar-refractivity contribution in [2.24, 2.45) is 0 Å². The molecule has 2 aromatic rings. The minimum Gasteiger partial charge on any atom is -0.508 e. The van der Waals surface area contributed by atoms with Crippen molar-refractivity contribution in [2.75, 3.05) is 0 Å². The fourth-order valence-corrected chi connectivity index (χ4v) is 4.04. The van der Waals surface area contributed by atoms with Gasteiger partial charge in [0.2, 0.25) is 9.84 Å². The van der Waals surface area contributed by atoms with Gasteiger partial charge in [-0.25, -0.2) is 8.42 Å². The molecule has 0 amide bonds. The van der Waals surface area contributed by atoms with Gasteiger partial charge < -0.3 is 5.11 Å². The molecule has 0 atom stereocenters. The van der Waals surface area contributed by atoms with Crippen molar-refractivity contribution >= 4 is 25.8 Å². The van der Waals surface area contributed by atoms with Crippen LogP contribution in [0.25, 0.3) is 11.1 Å². The Balaban J connectivity index is 2.48. The van der Waals surface area contributed by atoms with Crippen LogP contribution < -0.4 is 0 Å². The average Bonchev–Trinajstić information content (AvgIpc) is 2.47. The lowest BCUT2D eigenvalue weighted by Gasteiger charge is -1.99. The van der Waals surface area contributed by atoms with Gasteiger partial charge in [-0.2, -0.15) is 0 Å². The highest BCUT2D eigenvalue weighted by molar-refractivity contribution is 9.10. The van der Waals surface area contributed by atoms with Gasteiger partial charge in [0.05, 0.1) is 9.79 Å². The van der Waals surface area contributed by atoms with Crippen LogP contribution >= 0.6 is 15.9 Å². The molecule has 0 aliphatic carbocycles. The Morgan fingerprint density at radius 3 is 2.24 bits per heavy atom. The molecule has 0 saturated heterocycles. The number of sulfone groups is 1. The molecule has 3 nitrogen and oxygen atoms in total. The molecule has 0 saturated carbocycles. The summed E-state index contributed by atoms with van der Waals surface area (Å²) in [6.45, 7) is 0. The van der Waals surface area contributed by atoms with Crippen LogP contribution in [0.3, 0.4) is 0 Å². The van der Waals surface area contributed by atoms with Gasteiger partial charge in [0.1, 0.15) is 5.75 Å². The molecule has 5 heteroatoms. The maximum absolute atomic E-state index is 12.2. The summed E-state index contributed by atoms with van der Waals surface area (Å²) in [7, 11) is -3.43. The number of hydrogen-bond acceptors (Lipinski definition) is 3. The summed E-state index contributed by atoms with van der Waals surface area (Å²) in [5.74, 6) is 0.0618. The first-order chi connectivity index (χ1) is 8.00. The van der Waals surface area contributed by atoms with Gasteiger partial charge >= 0.3 is 0 Å². The van der Waals surface area contributed by atoms with Crippen LogP contribution in [0.4, 0.5) is 0 Å². The zero-order chi connectivity index (χ0) is 12.2. The van der Waals surface area contributed by atoms with Gasteiger partial charge in [-0.05, 0) is 36.4 Å². The molecule has 0 bridgehead atoms. The van der Waals surface area contributed by atoms with Crippen molar-refractivity contribution < 1.29 is 13.5 Å². The van der Waals surface area contributed by atoms with Crippen LogP contribution in [0.15, 0.2) is 50.7 Å². The van der Waals surface area contributed by atoms with Crippen LogP contribution in [0.2, 0.25) is 0 Å². The van der Waals surface area contributed by atoms with Crippen molar-refractivity contribution in [3.05, 3.63) is 40.9 Å². The second kappa shape index (κ2) is 3.34. The number of phenolic OH excluding ortho intramolecular Hbond substituents is 1. The van der Waals surface area contributed by atoms with Crippen LogP contribution in [-0.2, 0) is 9.84 Å². The molecule has 0 spiro atoms. The van der Waals surface area contributed by atoms with Crippen LogP contribution in [0.5, 0.6) is 5.75 Å². The maximum Gasteiger partial charge on any atom is 0.207 e. The van der Waals surface area contributed by atoms with Gasteiger partial charge in [-0.3, -0.25) is 0 Å². The molecular weight excluding hydrogens is 304 g/mol. The number of fused-ring (bicyclic) bond motifs is 3. The number of aromatic hydroxyl groups is 1. The second-order valence-corrected chi connectivity index (χ2v) is 6.63. The smallest absolute Gasteiger partial charge is 0.207 e. The van der Waals surface area contributed by atoms with E-state index in [4.69, 9.17) is 0 Å². The summed E-state index contributed by atoms with van der Waals surface area (Å²) >= 11 is 3.32. The van der Waals surface area contributed by atoms with Crippen molar-refractivity contribution in [2.45, 2.75) is 9.79 Å². The second-order valence-electron chi connectivity index (χ2n) is 3.82. The third-order valence-electron chi connectivity index (χ3n) is 2.77. The minimum absolute atomic E-state index is 0.0618. The highest BCUT2D eigenvalue weighted by Crippen LogP contribution is 2.45. The Hall–Kier alpha value is -1.33. The third kappa shape index (κ3) is 1.42. The van der Waals surface area contributed by atoms with E-state index in [0.29, 0.717) is 16.0 Å². The molecule has 0 aromatic heterocycles. The maximum atomic E-state index is 12.2. The first-order valence-electron chi connectivity index (χ1n) is 4.88. The summed E-state index contributed by atoms with van der Waals surface area (Å²) < 4.78 is 25.2. The monoisotopic (exact) mass is 310 g/mol. The van der Waals surface area contributed by atoms with E-state index in [-0.39, 0.29) is 10.6 Å². The zero-order valence-electron chi connectivity index (χ0n) is 8.51. The summed E-state index contributed by atoms with van der Waals surface area (Å²) in [6.07, 6.45) is 0. The number of rotatable bonds is 0. The van der Waals surface area contributed by atoms with E-state index in [1.54, 1.807) is 18.2 Å². The average molecular weight is 311 g/mol. The molecule has 0 radical (unpaired) electrons. The predicted octanol–water partition coefficient (Wildman–Crippen LogP) is 2.97. The molecule has 17 heavy (non-hydrogen) atoms. The Morgan fingerprint density at radius 1 is 0.941 bits per heavy atom. The summed E-state index contributed by atoms with van der Waals surface area (Å²) in [6, 6.07) is 9.32.